The predicted molar refractivity (Wildman–Crippen MR) is 57.4 cm³/mol. The van der Waals surface area contributed by atoms with Crippen molar-refractivity contribution in [2.24, 2.45) is 11.8 Å². The highest BCUT2D eigenvalue weighted by Gasteiger charge is 2.23. The molecule has 0 aromatic heterocycles. The van der Waals surface area contributed by atoms with Crippen molar-refractivity contribution < 1.29 is 0 Å². The lowest BCUT2D eigenvalue weighted by atomic mass is 9.75. The maximum atomic E-state index is 2.36. The molecule has 1 fully saturated rings. The molecule has 1 aliphatic carbocycles. The molecule has 0 aliphatic heterocycles. The van der Waals surface area contributed by atoms with Crippen LogP contribution in [0, 0.1) is 11.8 Å². The van der Waals surface area contributed by atoms with Gasteiger partial charge in [-0.25, -0.2) is 0 Å². The lowest BCUT2D eigenvalue weighted by Crippen LogP contribution is -2.20. The monoisotopic (exact) mass is 172 g/mol. The Morgan fingerprint density at radius 1 is 1.15 bits per heavy atom. The van der Waals surface area contributed by atoms with Gasteiger partial charge in [-0.15, -0.1) is 0 Å². The first kappa shape index (κ1) is 8.55. The molecule has 68 valence electrons. The Morgan fingerprint density at radius 2 is 1.92 bits per heavy atom. The van der Waals surface area contributed by atoms with Gasteiger partial charge in [0.1, 0.15) is 0 Å². The van der Waals surface area contributed by atoms with Gasteiger partial charge in [0.2, 0.25) is 0 Å². The fraction of sp³-hybridized carbons (Fsp3) is 0.385. The van der Waals surface area contributed by atoms with Crippen LogP contribution < -0.4 is 0 Å². The van der Waals surface area contributed by atoms with Crippen LogP contribution in [0.5, 0.6) is 0 Å². The summed E-state index contributed by atoms with van der Waals surface area (Å²) in [7, 11) is 0. The average Bonchev–Trinajstić information content (AvgIpc) is 2.17. The first-order chi connectivity index (χ1) is 6.36. The molecule has 2 rings (SSSR count). The van der Waals surface area contributed by atoms with Crippen molar-refractivity contribution >= 4 is 6.08 Å². The van der Waals surface area contributed by atoms with Crippen LogP contribution in [0.25, 0.3) is 6.08 Å². The van der Waals surface area contributed by atoms with E-state index in [0.29, 0.717) is 0 Å². The number of rotatable bonds is 2. The third-order valence-corrected chi connectivity index (χ3v) is 3.02. The fourth-order valence-electron chi connectivity index (χ4n) is 1.78. The topological polar surface area (TPSA) is 0 Å². The van der Waals surface area contributed by atoms with E-state index in [1.165, 1.54) is 18.4 Å². The van der Waals surface area contributed by atoms with Crippen molar-refractivity contribution in [3.05, 3.63) is 42.0 Å². The fourth-order valence-corrected chi connectivity index (χ4v) is 1.78. The zero-order chi connectivity index (χ0) is 9.10. The molecule has 0 radical (unpaired) electrons. The third-order valence-electron chi connectivity index (χ3n) is 3.02. The van der Waals surface area contributed by atoms with E-state index in [4.69, 9.17) is 0 Å². The average molecular weight is 172 g/mol. The van der Waals surface area contributed by atoms with Gasteiger partial charge >= 0.3 is 0 Å². The van der Waals surface area contributed by atoms with E-state index in [1.807, 2.05) is 0 Å². The van der Waals surface area contributed by atoms with E-state index in [0.717, 1.165) is 11.8 Å². The molecule has 0 N–H and O–H groups in total. The van der Waals surface area contributed by atoms with Crippen molar-refractivity contribution in [2.75, 3.05) is 0 Å². The molecule has 2 atom stereocenters. The SMILES string of the molecule is C[C@H]1CC[C@H]1/C=C/c1ccccc1. The minimum Gasteiger partial charge on any atom is -0.0806 e. The normalized spacial score (nSPS) is 27.5. The highest BCUT2D eigenvalue weighted by Crippen LogP contribution is 2.34. The Balaban J connectivity index is 1.98. The van der Waals surface area contributed by atoms with Crippen LogP contribution in [-0.4, -0.2) is 0 Å². The van der Waals surface area contributed by atoms with Crippen LogP contribution in [-0.2, 0) is 0 Å². The summed E-state index contributed by atoms with van der Waals surface area (Å²) in [5, 5.41) is 0. The molecule has 0 heteroatoms. The summed E-state index contributed by atoms with van der Waals surface area (Å²) in [5.41, 5.74) is 1.32. The van der Waals surface area contributed by atoms with Gasteiger partial charge in [0.15, 0.2) is 0 Å². The van der Waals surface area contributed by atoms with Crippen molar-refractivity contribution in [1.29, 1.82) is 0 Å². The quantitative estimate of drug-likeness (QED) is 0.637. The van der Waals surface area contributed by atoms with Gasteiger partial charge in [-0.3, -0.25) is 0 Å². The second-order valence-corrected chi connectivity index (χ2v) is 3.99. The standard InChI is InChI=1S/C13H16/c1-11-7-9-13(11)10-8-12-5-3-2-4-6-12/h2-6,8,10-11,13H,7,9H2,1H3/b10-8+/t11-,13-/m0/s1. The van der Waals surface area contributed by atoms with Gasteiger partial charge in [-0.1, -0.05) is 49.4 Å². The summed E-state index contributed by atoms with van der Waals surface area (Å²) in [6, 6.07) is 10.5. The van der Waals surface area contributed by atoms with E-state index in [1.54, 1.807) is 0 Å². The van der Waals surface area contributed by atoms with Gasteiger partial charge in [0.25, 0.3) is 0 Å². The molecular formula is C13H16. The van der Waals surface area contributed by atoms with Crippen molar-refractivity contribution in [1.82, 2.24) is 0 Å². The van der Waals surface area contributed by atoms with E-state index < -0.39 is 0 Å². The minimum atomic E-state index is 0.834. The largest absolute Gasteiger partial charge is 0.0806 e. The molecule has 1 aliphatic rings. The highest BCUT2D eigenvalue weighted by atomic mass is 14.3. The first-order valence-corrected chi connectivity index (χ1v) is 5.09. The Bertz CT molecular complexity index is 284. The zero-order valence-corrected chi connectivity index (χ0v) is 8.11. The summed E-state index contributed by atoms with van der Waals surface area (Å²) >= 11 is 0. The Labute approximate surface area is 80.3 Å². The molecule has 13 heavy (non-hydrogen) atoms. The van der Waals surface area contributed by atoms with Crippen molar-refractivity contribution in [3.63, 3.8) is 0 Å². The summed E-state index contributed by atoms with van der Waals surface area (Å²) in [6.45, 7) is 2.34. The van der Waals surface area contributed by atoms with E-state index in [9.17, 15) is 0 Å². The van der Waals surface area contributed by atoms with Gasteiger partial charge < -0.3 is 0 Å². The second kappa shape index (κ2) is 3.78. The van der Waals surface area contributed by atoms with Crippen LogP contribution in [0.1, 0.15) is 25.3 Å². The molecular weight excluding hydrogens is 156 g/mol. The van der Waals surface area contributed by atoms with Gasteiger partial charge in [-0.2, -0.15) is 0 Å². The van der Waals surface area contributed by atoms with Crippen LogP contribution in [0.3, 0.4) is 0 Å². The Hall–Kier alpha value is -1.04. The van der Waals surface area contributed by atoms with Crippen molar-refractivity contribution in [3.8, 4) is 0 Å². The molecule has 1 aromatic carbocycles. The molecule has 1 saturated carbocycles. The number of hydrogen-bond acceptors (Lipinski definition) is 0. The number of allylic oxidation sites excluding steroid dienone is 1. The zero-order valence-electron chi connectivity index (χ0n) is 8.11. The molecule has 0 spiro atoms. The smallest absolute Gasteiger partial charge is 0.0204 e. The van der Waals surface area contributed by atoms with E-state index >= 15 is 0 Å². The van der Waals surface area contributed by atoms with Crippen molar-refractivity contribution in [2.45, 2.75) is 19.8 Å². The summed E-state index contributed by atoms with van der Waals surface area (Å²) < 4.78 is 0. The van der Waals surface area contributed by atoms with Gasteiger partial charge in [0, 0.05) is 0 Å². The minimum absolute atomic E-state index is 0.834. The molecule has 0 unspecified atom stereocenters. The predicted octanol–water partition coefficient (Wildman–Crippen LogP) is 3.75. The van der Waals surface area contributed by atoms with E-state index in [-0.39, 0.29) is 0 Å². The van der Waals surface area contributed by atoms with Gasteiger partial charge in [-0.05, 0) is 30.2 Å². The lowest BCUT2D eigenvalue weighted by molar-refractivity contribution is 0.252. The highest BCUT2D eigenvalue weighted by molar-refractivity contribution is 5.49. The van der Waals surface area contributed by atoms with Gasteiger partial charge in [0.05, 0.1) is 0 Å². The maximum Gasteiger partial charge on any atom is -0.0204 e. The van der Waals surface area contributed by atoms with Crippen LogP contribution in [0.15, 0.2) is 36.4 Å². The Morgan fingerprint density at radius 3 is 2.46 bits per heavy atom. The molecule has 0 heterocycles. The van der Waals surface area contributed by atoms with Crippen LogP contribution in [0.4, 0.5) is 0 Å². The number of benzene rings is 1. The summed E-state index contributed by atoms with van der Waals surface area (Å²) in [5.74, 6) is 1.74. The molecule has 0 amide bonds. The molecule has 0 saturated heterocycles. The Kier molecular flexibility index (Phi) is 2.49. The first-order valence-electron chi connectivity index (χ1n) is 5.09. The second-order valence-electron chi connectivity index (χ2n) is 3.99. The summed E-state index contributed by atoms with van der Waals surface area (Å²) in [4.78, 5) is 0. The molecule has 0 nitrogen and oxygen atoms in total. The third kappa shape index (κ3) is 2.00. The van der Waals surface area contributed by atoms with Crippen LogP contribution >= 0.6 is 0 Å². The van der Waals surface area contributed by atoms with E-state index in [2.05, 4.69) is 49.4 Å². The maximum absolute atomic E-state index is 2.36. The molecule has 1 aromatic rings. The summed E-state index contributed by atoms with van der Waals surface area (Å²) in [6.07, 6.45) is 7.40. The lowest BCUT2D eigenvalue weighted by Gasteiger charge is -2.31. The number of hydrogen-bond donors (Lipinski definition) is 0. The molecule has 0 bridgehead atoms. The van der Waals surface area contributed by atoms with Crippen LogP contribution in [0.2, 0.25) is 0 Å².